The van der Waals surface area contributed by atoms with E-state index in [4.69, 9.17) is 9.47 Å². The summed E-state index contributed by atoms with van der Waals surface area (Å²) in [6.07, 6.45) is -2.49. The van der Waals surface area contributed by atoms with Crippen molar-refractivity contribution in [1.82, 2.24) is 0 Å². The Morgan fingerprint density at radius 3 is 2.52 bits per heavy atom. The maximum atomic E-state index is 12.5. The molecule has 29 heavy (non-hydrogen) atoms. The predicted octanol–water partition coefficient (Wildman–Crippen LogP) is 1.61. The second-order valence-corrected chi connectivity index (χ2v) is 7.60. The van der Waals surface area contributed by atoms with E-state index in [1.165, 1.54) is 13.2 Å². The Morgan fingerprint density at radius 1 is 1.14 bits per heavy atom. The molecule has 2 aromatic carbocycles. The Labute approximate surface area is 167 Å². The number of aliphatic hydroxyl groups excluding tert-OH is 3. The summed E-state index contributed by atoms with van der Waals surface area (Å²) in [6.45, 7) is 1.55. The lowest BCUT2D eigenvalue weighted by Gasteiger charge is -2.28. The maximum absolute atomic E-state index is 12.5. The number of fused-ring (bicyclic) bond motifs is 2. The molecule has 2 aromatic rings. The molecule has 0 aliphatic carbocycles. The van der Waals surface area contributed by atoms with Crippen molar-refractivity contribution < 1.29 is 39.8 Å². The monoisotopic (exact) mass is 406 g/mol. The Kier molecular flexibility index (Phi) is 6.16. The zero-order valence-electron chi connectivity index (χ0n) is 16.3. The largest absolute Gasteiger partial charge is 0.507 e. The first-order valence-electron chi connectivity index (χ1n) is 9.50. The van der Waals surface area contributed by atoms with E-state index < -0.39 is 30.4 Å². The third kappa shape index (κ3) is 4.55. The van der Waals surface area contributed by atoms with Crippen LogP contribution in [0.15, 0.2) is 18.2 Å². The summed E-state index contributed by atoms with van der Waals surface area (Å²) in [5.74, 6) is -0.888. The van der Waals surface area contributed by atoms with Crippen molar-refractivity contribution in [1.29, 1.82) is 0 Å². The lowest BCUT2D eigenvalue weighted by Crippen LogP contribution is -2.32. The molecule has 0 spiro atoms. The van der Waals surface area contributed by atoms with Crippen molar-refractivity contribution >= 4 is 16.7 Å². The van der Waals surface area contributed by atoms with Gasteiger partial charge in [0.1, 0.15) is 28.9 Å². The lowest BCUT2D eigenvalue weighted by atomic mass is 9.90. The summed E-state index contributed by atoms with van der Waals surface area (Å²) in [7, 11) is 1.46. The zero-order chi connectivity index (χ0) is 21.3. The van der Waals surface area contributed by atoms with Crippen molar-refractivity contribution in [2.75, 3.05) is 7.11 Å². The summed E-state index contributed by atoms with van der Waals surface area (Å²) < 4.78 is 10.5. The first-order chi connectivity index (χ1) is 13.7. The number of hydrogen-bond donors (Lipinski definition) is 5. The minimum atomic E-state index is -0.915. The highest BCUT2D eigenvalue weighted by Gasteiger charge is 2.32. The molecule has 0 saturated heterocycles. The van der Waals surface area contributed by atoms with Gasteiger partial charge in [0.25, 0.3) is 0 Å². The van der Waals surface area contributed by atoms with Crippen LogP contribution in [-0.2, 0) is 11.2 Å². The van der Waals surface area contributed by atoms with Gasteiger partial charge < -0.3 is 35.0 Å². The van der Waals surface area contributed by atoms with E-state index in [9.17, 15) is 30.3 Å². The standard InChI is InChI=1S/C21H26O8/c1-10(22)3-13(23)7-14(24)8-16-6-12-4-11-5-15(28-2)9-17(25)18(11)20(26)19(12)21(27)29-16/h4-5,9-10,13-14,16,22-26H,3,6-8H2,1-2H3/t10-,13+,14+,16-/m0/s1. The molecule has 0 unspecified atom stereocenters. The maximum Gasteiger partial charge on any atom is 0.342 e. The summed E-state index contributed by atoms with van der Waals surface area (Å²) in [6, 6.07) is 4.68. The molecule has 0 amide bonds. The quantitative estimate of drug-likeness (QED) is 0.438. The average Bonchev–Trinajstić information content (AvgIpc) is 2.59. The number of carbonyl (C=O) groups is 1. The summed E-state index contributed by atoms with van der Waals surface area (Å²) in [5, 5.41) is 50.8. The van der Waals surface area contributed by atoms with E-state index >= 15 is 0 Å². The minimum absolute atomic E-state index is 0.00199. The molecule has 8 heteroatoms. The first kappa shape index (κ1) is 21.2. The van der Waals surface area contributed by atoms with Gasteiger partial charge in [0.2, 0.25) is 0 Å². The van der Waals surface area contributed by atoms with Crippen molar-refractivity contribution in [3.05, 3.63) is 29.3 Å². The highest BCUT2D eigenvalue weighted by Crippen LogP contribution is 2.42. The molecule has 158 valence electrons. The normalized spacial score (nSPS) is 19.3. The number of benzene rings is 2. The second kappa shape index (κ2) is 8.44. The van der Waals surface area contributed by atoms with E-state index in [-0.39, 0.29) is 48.1 Å². The predicted molar refractivity (Wildman–Crippen MR) is 104 cm³/mol. The van der Waals surface area contributed by atoms with Crippen LogP contribution in [0.5, 0.6) is 17.2 Å². The number of phenolic OH excluding ortho intramolecular Hbond substituents is 2. The Morgan fingerprint density at radius 2 is 1.86 bits per heavy atom. The highest BCUT2D eigenvalue weighted by molar-refractivity contribution is 6.05. The number of aliphatic hydroxyl groups is 3. The van der Waals surface area contributed by atoms with Crippen LogP contribution in [-0.4, -0.2) is 63.0 Å². The number of hydrogen-bond acceptors (Lipinski definition) is 8. The van der Waals surface area contributed by atoms with Gasteiger partial charge in [0.05, 0.1) is 30.8 Å². The molecule has 5 N–H and O–H groups in total. The van der Waals surface area contributed by atoms with Gasteiger partial charge in [-0.2, -0.15) is 0 Å². The Hall–Kier alpha value is -2.55. The van der Waals surface area contributed by atoms with Crippen molar-refractivity contribution in [2.24, 2.45) is 0 Å². The summed E-state index contributed by atoms with van der Waals surface area (Å²) in [5.41, 5.74) is 0.540. The van der Waals surface area contributed by atoms with Gasteiger partial charge in [-0.05, 0) is 42.8 Å². The van der Waals surface area contributed by atoms with Crippen molar-refractivity contribution in [3.63, 3.8) is 0 Å². The van der Waals surface area contributed by atoms with Gasteiger partial charge in [-0.3, -0.25) is 0 Å². The highest BCUT2D eigenvalue weighted by atomic mass is 16.5. The van der Waals surface area contributed by atoms with Gasteiger partial charge >= 0.3 is 5.97 Å². The van der Waals surface area contributed by atoms with Crippen LogP contribution in [0.3, 0.4) is 0 Å². The van der Waals surface area contributed by atoms with Gasteiger partial charge in [-0.1, -0.05) is 0 Å². The lowest BCUT2D eigenvalue weighted by molar-refractivity contribution is -0.00292. The smallest absolute Gasteiger partial charge is 0.342 e. The van der Waals surface area contributed by atoms with Crippen LogP contribution in [0.1, 0.15) is 42.1 Å². The van der Waals surface area contributed by atoms with E-state index in [0.717, 1.165) is 0 Å². The first-order valence-corrected chi connectivity index (χ1v) is 9.50. The molecule has 0 saturated carbocycles. The number of ether oxygens (including phenoxy) is 2. The number of aromatic hydroxyl groups is 2. The molecular formula is C21H26O8. The molecule has 0 radical (unpaired) electrons. The molecule has 4 atom stereocenters. The molecule has 1 aliphatic heterocycles. The molecule has 1 aliphatic rings. The molecule has 0 aromatic heterocycles. The second-order valence-electron chi connectivity index (χ2n) is 7.60. The number of phenols is 2. The summed E-state index contributed by atoms with van der Waals surface area (Å²) in [4.78, 5) is 12.5. The Balaban J connectivity index is 1.83. The van der Waals surface area contributed by atoms with Crippen LogP contribution < -0.4 is 4.74 Å². The fourth-order valence-corrected chi connectivity index (χ4v) is 3.87. The van der Waals surface area contributed by atoms with Crippen LogP contribution in [0.4, 0.5) is 0 Å². The van der Waals surface area contributed by atoms with Crippen molar-refractivity contribution in [2.45, 2.75) is 57.0 Å². The third-order valence-electron chi connectivity index (χ3n) is 5.10. The number of esters is 1. The number of methoxy groups -OCH3 is 1. The number of cyclic esters (lactones) is 1. The Bertz CT molecular complexity index is 907. The van der Waals surface area contributed by atoms with Crippen LogP contribution in [0.2, 0.25) is 0 Å². The molecule has 8 nitrogen and oxygen atoms in total. The van der Waals surface area contributed by atoms with Gasteiger partial charge in [0, 0.05) is 18.9 Å². The SMILES string of the molecule is COc1cc(O)c2c(O)c3c(cc2c1)C[C@@H](C[C@H](O)C[C@H](O)C[C@H](C)O)OC3=O. The van der Waals surface area contributed by atoms with E-state index in [1.54, 1.807) is 19.1 Å². The van der Waals surface area contributed by atoms with E-state index in [1.807, 2.05) is 0 Å². The van der Waals surface area contributed by atoms with Gasteiger partial charge in [0.15, 0.2) is 0 Å². The van der Waals surface area contributed by atoms with Crippen LogP contribution in [0.25, 0.3) is 10.8 Å². The fourth-order valence-electron chi connectivity index (χ4n) is 3.87. The van der Waals surface area contributed by atoms with E-state index in [0.29, 0.717) is 16.7 Å². The molecule has 3 rings (SSSR count). The fraction of sp³-hybridized carbons (Fsp3) is 0.476. The van der Waals surface area contributed by atoms with Crippen LogP contribution >= 0.6 is 0 Å². The third-order valence-corrected chi connectivity index (χ3v) is 5.10. The van der Waals surface area contributed by atoms with Crippen molar-refractivity contribution in [3.8, 4) is 17.2 Å². The topological polar surface area (TPSA) is 137 Å². The number of carbonyl (C=O) groups excluding carboxylic acids is 1. The minimum Gasteiger partial charge on any atom is -0.507 e. The number of rotatable bonds is 7. The average molecular weight is 406 g/mol. The van der Waals surface area contributed by atoms with Gasteiger partial charge in [-0.15, -0.1) is 0 Å². The molecular weight excluding hydrogens is 380 g/mol. The van der Waals surface area contributed by atoms with Gasteiger partial charge in [-0.25, -0.2) is 4.79 Å². The molecule has 0 fully saturated rings. The molecule has 0 bridgehead atoms. The zero-order valence-corrected chi connectivity index (χ0v) is 16.3. The summed E-state index contributed by atoms with van der Waals surface area (Å²) >= 11 is 0. The van der Waals surface area contributed by atoms with Crippen LogP contribution in [0, 0.1) is 0 Å². The molecule has 1 heterocycles. The van der Waals surface area contributed by atoms with E-state index in [2.05, 4.69) is 0 Å².